The molecule has 0 heterocycles. The molecule has 0 atom stereocenters. The summed E-state index contributed by atoms with van der Waals surface area (Å²) in [5.41, 5.74) is 13.8. The van der Waals surface area contributed by atoms with Crippen LogP contribution in [-0.2, 0) is 13.8 Å². The molecule has 0 saturated heterocycles. The standard InChI is InChI=1S/C2H5N4O3PS2/c3-1(11)5-8-10(7)9-6-2(4)12/h(H5-,3,4,5,6,11,12)/p+1. The fourth-order valence-electron chi connectivity index (χ4n) is 0.183. The third kappa shape index (κ3) is 7.51. The topological polar surface area (TPSA) is 112 Å². The van der Waals surface area contributed by atoms with E-state index in [-0.39, 0.29) is 10.2 Å². The van der Waals surface area contributed by atoms with Crippen molar-refractivity contribution in [2.24, 2.45) is 11.5 Å². The second kappa shape index (κ2) is 5.98. The maximum atomic E-state index is 10.6. The molecular formula is C2H6N4O3PS2+. The maximum Gasteiger partial charge on any atom is 0.746 e. The van der Waals surface area contributed by atoms with Gasteiger partial charge in [0.2, 0.25) is 0 Å². The van der Waals surface area contributed by atoms with Crippen molar-refractivity contribution in [3.63, 3.8) is 0 Å². The van der Waals surface area contributed by atoms with Crippen LogP contribution in [0, 0.1) is 0 Å². The Bertz CT molecular complexity index is 190. The van der Waals surface area contributed by atoms with Crippen molar-refractivity contribution in [3.05, 3.63) is 0 Å². The average Bonchev–Trinajstić information content (AvgIpc) is 1.96. The molecule has 12 heavy (non-hydrogen) atoms. The molecule has 68 valence electrons. The highest BCUT2D eigenvalue weighted by Crippen LogP contribution is 2.18. The zero-order chi connectivity index (χ0) is 9.56. The maximum absolute atomic E-state index is 10.6. The number of hydrogen-bond donors (Lipinski definition) is 4. The second-order valence-electron chi connectivity index (χ2n) is 1.34. The fraction of sp³-hybridized carbons (Fsp3) is 0. The van der Waals surface area contributed by atoms with Gasteiger partial charge < -0.3 is 11.5 Å². The van der Waals surface area contributed by atoms with Crippen LogP contribution in [0.5, 0.6) is 0 Å². The predicted octanol–water partition coefficient (Wildman–Crippen LogP) is -0.827. The number of hydroxylamine groups is 2. The van der Waals surface area contributed by atoms with Gasteiger partial charge in [0.05, 0.1) is 0 Å². The van der Waals surface area contributed by atoms with Gasteiger partial charge in [-0.25, -0.2) is 0 Å². The molecule has 0 aromatic carbocycles. The molecule has 0 rings (SSSR count). The van der Waals surface area contributed by atoms with E-state index in [0.29, 0.717) is 0 Å². The van der Waals surface area contributed by atoms with Crippen molar-refractivity contribution in [2.45, 2.75) is 0 Å². The van der Waals surface area contributed by atoms with Gasteiger partial charge in [-0.1, -0.05) is 0 Å². The Morgan fingerprint density at radius 1 is 1.17 bits per heavy atom. The minimum Gasteiger partial charge on any atom is -0.375 e. The van der Waals surface area contributed by atoms with Crippen molar-refractivity contribution >= 4 is 42.9 Å². The molecule has 0 radical (unpaired) electrons. The molecule has 0 spiro atoms. The molecule has 0 aliphatic rings. The summed E-state index contributed by atoms with van der Waals surface area (Å²) in [6, 6.07) is 0. The second-order valence-corrected chi connectivity index (χ2v) is 3.03. The van der Waals surface area contributed by atoms with E-state index in [1.54, 1.807) is 0 Å². The van der Waals surface area contributed by atoms with Gasteiger partial charge in [-0.05, 0) is 24.4 Å². The zero-order valence-electron chi connectivity index (χ0n) is 5.64. The van der Waals surface area contributed by atoms with E-state index in [1.165, 1.54) is 0 Å². The van der Waals surface area contributed by atoms with Crippen molar-refractivity contribution < 1.29 is 13.8 Å². The molecule has 10 heteroatoms. The molecule has 0 aliphatic heterocycles. The first-order valence-electron chi connectivity index (χ1n) is 2.44. The molecular weight excluding hydrogens is 223 g/mol. The van der Waals surface area contributed by atoms with Gasteiger partial charge in [0, 0.05) is 13.8 Å². The van der Waals surface area contributed by atoms with Crippen LogP contribution in [-0.4, -0.2) is 10.2 Å². The van der Waals surface area contributed by atoms with Crippen LogP contribution in [0.4, 0.5) is 0 Å². The number of nitrogens with two attached hydrogens (primary N) is 2. The van der Waals surface area contributed by atoms with E-state index >= 15 is 0 Å². The molecule has 0 bridgehead atoms. The van der Waals surface area contributed by atoms with Gasteiger partial charge in [0.15, 0.2) is 10.2 Å². The Hall–Kier alpha value is -0.600. The lowest BCUT2D eigenvalue weighted by molar-refractivity contribution is 0.174. The molecule has 6 N–H and O–H groups in total. The number of nitrogens with one attached hydrogen (secondary N) is 2. The molecule has 0 aliphatic carbocycles. The highest BCUT2D eigenvalue weighted by molar-refractivity contribution is 7.80. The number of rotatable bonds is 4. The van der Waals surface area contributed by atoms with E-state index in [2.05, 4.69) is 33.7 Å². The van der Waals surface area contributed by atoms with Crippen LogP contribution in [0.25, 0.3) is 0 Å². The monoisotopic (exact) mass is 229 g/mol. The lowest BCUT2D eigenvalue weighted by Gasteiger charge is -1.92. The predicted molar refractivity (Wildman–Crippen MR) is 49.6 cm³/mol. The Morgan fingerprint density at radius 3 is 1.75 bits per heavy atom. The van der Waals surface area contributed by atoms with Crippen molar-refractivity contribution in [2.75, 3.05) is 0 Å². The van der Waals surface area contributed by atoms with Gasteiger partial charge in [-0.3, -0.25) is 0 Å². The van der Waals surface area contributed by atoms with Crippen molar-refractivity contribution in [1.82, 2.24) is 11.0 Å². The van der Waals surface area contributed by atoms with Crippen LogP contribution in [0.1, 0.15) is 0 Å². The van der Waals surface area contributed by atoms with Crippen LogP contribution < -0.4 is 22.4 Å². The van der Waals surface area contributed by atoms with Gasteiger partial charge in [-0.2, -0.15) is 11.0 Å². The minimum absolute atomic E-state index is 0.169. The number of thiocarbonyl (C=S) groups is 2. The first-order valence-corrected chi connectivity index (χ1v) is 4.35. The summed E-state index contributed by atoms with van der Waals surface area (Å²) in [5, 5.41) is -0.338. The van der Waals surface area contributed by atoms with E-state index in [1.807, 2.05) is 11.0 Å². The van der Waals surface area contributed by atoms with E-state index in [4.69, 9.17) is 11.5 Å². The van der Waals surface area contributed by atoms with Gasteiger partial charge in [-0.15, -0.1) is 0 Å². The smallest absolute Gasteiger partial charge is 0.375 e. The quantitative estimate of drug-likeness (QED) is 0.279. The zero-order valence-corrected chi connectivity index (χ0v) is 8.17. The lowest BCUT2D eigenvalue weighted by atomic mass is 11.2. The SMILES string of the molecule is NC(=S)NO[P+](=O)ONC(N)=S. The molecule has 0 fully saturated rings. The average molecular weight is 229 g/mol. The third-order valence-electron chi connectivity index (χ3n) is 0.442. The summed E-state index contributed by atoms with van der Waals surface area (Å²) in [5.74, 6) is 0. The highest BCUT2D eigenvalue weighted by atomic mass is 32.1. The van der Waals surface area contributed by atoms with E-state index in [9.17, 15) is 4.57 Å². The highest BCUT2D eigenvalue weighted by Gasteiger charge is 2.22. The minimum atomic E-state index is -2.45. The summed E-state index contributed by atoms with van der Waals surface area (Å²) in [7, 11) is -2.45. The summed E-state index contributed by atoms with van der Waals surface area (Å²) < 4.78 is 19.1. The van der Waals surface area contributed by atoms with Gasteiger partial charge >= 0.3 is 8.25 Å². The van der Waals surface area contributed by atoms with Gasteiger partial charge in [0.25, 0.3) is 0 Å². The van der Waals surface area contributed by atoms with Crippen LogP contribution >= 0.6 is 32.7 Å². The summed E-state index contributed by atoms with van der Waals surface area (Å²) in [4.78, 5) is 0. The molecule has 0 aromatic heterocycles. The van der Waals surface area contributed by atoms with Gasteiger partial charge in [0.1, 0.15) is 0 Å². The first kappa shape index (κ1) is 11.4. The Morgan fingerprint density at radius 2 is 1.50 bits per heavy atom. The van der Waals surface area contributed by atoms with Crippen LogP contribution in [0.15, 0.2) is 0 Å². The molecule has 0 amide bonds. The molecule has 7 nitrogen and oxygen atoms in total. The lowest BCUT2D eigenvalue weighted by Crippen LogP contribution is -2.30. The van der Waals surface area contributed by atoms with E-state index in [0.717, 1.165) is 0 Å². The number of hydrogen-bond acceptors (Lipinski definition) is 5. The Labute approximate surface area is 79.6 Å². The Kier molecular flexibility index (Phi) is 5.68. The summed E-state index contributed by atoms with van der Waals surface area (Å²) in [6.45, 7) is 0. The first-order chi connectivity index (χ1) is 5.52. The molecule has 0 unspecified atom stereocenters. The van der Waals surface area contributed by atoms with Crippen LogP contribution in [0.2, 0.25) is 0 Å². The third-order valence-corrected chi connectivity index (χ3v) is 1.09. The summed E-state index contributed by atoms with van der Waals surface area (Å²) >= 11 is 8.67. The van der Waals surface area contributed by atoms with Crippen molar-refractivity contribution in [3.8, 4) is 0 Å². The van der Waals surface area contributed by atoms with E-state index < -0.39 is 8.25 Å². The largest absolute Gasteiger partial charge is 0.746 e. The normalized spacial score (nSPS) is 8.67. The summed E-state index contributed by atoms with van der Waals surface area (Å²) in [6.07, 6.45) is 0. The fourth-order valence-corrected chi connectivity index (χ4v) is 0.773. The molecule has 0 saturated carbocycles. The van der Waals surface area contributed by atoms with Crippen LogP contribution in [0.3, 0.4) is 0 Å². The molecule has 0 aromatic rings. The van der Waals surface area contributed by atoms with Crippen molar-refractivity contribution in [1.29, 1.82) is 0 Å². The Balaban J connectivity index is 3.47.